The monoisotopic (exact) mass is 337 g/mol. The van der Waals surface area contributed by atoms with E-state index in [2.05, 4.69) is 31.4 Å². The van der Waals surface area contributed by atoms with Crippen molar-refractivity contribution in [1.82, 2.24) is 5.32 Å². The Kier molecular flexibility index (Phi) is 4.49. The van der Waals surface area contributed by atoms with E-state index in [0.717, 1.165) is 11.4 Å². The first-order valence-corrected chi connectivity index (χ1v) is 8.42. The molecule has 25 heavy (non-hydrogen) atoms. The molecule has 0 radical (unpaired) electrons. The number of amides is 3. The molecular formula is C20H23N3O2. The van der Waals surface area contributed by atoms with Gasteiger partial charge in [-0.3, -0.25) is 9.69 Å². The van der Waals surface area contributed by atoms with Crippen molar-refractivity contribution in [2.45, 2.75) is 26.2 Å². The molecule has 2 aromatic carbocycles. The molecule has 0 aliphatic carbocycles. The number of carbonyl (C=O) groups is 2. The van der Waals surface area contributed by atoms with Crippen molar-refractivity contribution in [1.29, 1.82) is 0 Å². The number of nitrogens with zero attached hydrogens (tertiary/aromatic N) is 1. The zero-order valence-electron chi connectivity index (χ0n) is 14.8. The molecule has 130 valence electrons. The fourth-order valence-electron chi connectivity index (χ4n) is 2.77. The summed E-state index contributed by atoms with van der Waals surface area (Å²) in [6.45, 7) is 7.75. The Morgan fingerprint density at radius 1 is 1.04 bits per heavy atom. The molecule has 0 atom stereocenters. The molecule has 0 saturated carbocycles. The molecule has 3 rings (SSSR count). The Bertz CT molecular complexity index is 774. The lowest BCUT2D eigenvalue weighted by Crippen LogP contribution is -2.27. The Morgan fingerprint density at radius 2 is 1.68 bits per heavy atom. The zero-order valence-corrected chi connectivity index (χ0v) is 14.8. The van der Waals surface area contributed by atoms with Crippen LogP contribution in [0.5, 0.6) is 0 Å². The molecule has 1 heterocycles. The first kappa shape index (κ1) is 17.0. The molecule has 1 saturated heterocycles. The van der Waals surface area contributed by atoms with E-state index in [1.807, 2.05) is 24.3 Å². The van der Waals surface area contributed by atoms with Gasteiger partial charge < -0.3 is 10.6 Å². The van der Waals surface area contributed by atoms with Gasteiger partial charge in [-0.05, 0) is 47.4 Å². The quantitative estimate of drug-likeness (QED) is 0.896. The number of benzene rings is 2. The second-order valence-electron chi connectivity index (χ2n) is 7.21. The summed E-state index contributed by atoms with van der Waals surface area (Å²) >= 11 is 0. The fourth-order valence-corrected chi connectivity index (χ4v) is 2.77. The van der Waals surface area contributed by atoms with Gasteiger partial charge in [0, 0.05) is 30.0 Å². The SMILES string of the molecule is CC(C)(C)c1ccc(NC(=O)c2ccc(N3CCNC3=O)cc2)cc1. The molecule has 0 bridgehead atoms. The number of hydrogen-bond donors (Lipinski definition) is 2. The molecule has 5 heteroatoms. The van der Waals surface area contributed by atoms with Gasteiger partial charge >= 0.3 is 6.03 Å². The summed E-state index contributed by atoms with van der Waals surface area (Å²) < 4.78 is 0. The van der Waals surface area contributed by atoms with Crippen LogP contribution >= 0.6 is 0 Å². The third-order valence-electron chi connectivity index (χ3n) is 4.31. The summed E-state index contributed by atoms with van der Waals surface area (Å²) in [5, 5.41) is 5.66. The lowest BCUT2D eigenvalue weighted by Gasteiger charge is -2.19. The van der Waals surface area contributed by atoms with Crippen LogP contribution < -0.4 is 15.5 Å². The molecule has 0 unspecified atom stereocenters. The minimum absolute atomic E-state index is 0.0836. The van der Waals surface area contributed by atoms with Gasteiger partial charge in [0.1, 0.15) is 0 Å². The van der Waals surface area contributed by atoms with Crippen LogP contribution in [-0.4, -0.2) is 25.0 Å². The second kappa shape index (κ2) is 6.59. The summed E-state index contributed by atoms with van der Waals surface area (Å²) in [6.07, 6.45) is 0. The van der Waals surface area contributed by atoms with E-state index in [1.54, 1.807) is 29.2 Å². The van der Waals surface area contributed by atoms with Gasteiger partial charge in [-0.2, -0.15) is 0 Å². The number of anilines is 2. The van der Waals surface area contributed by atoms with E-state index in [9.17, 15) is 9.59 Å². The molecule has 5 nitrogen and oxygen atoms in total. The summed E-state index contributed by atoms with van der Waals surface area (Å²) in [4.78, 5) is 25.7. The molecule has 2 aromatic rings. The van der Waals surface area contributed by atoms with Gasteiger partial charge in [-0.1, -0.05) is 32.9 Å². The second-order valence-corrected chi connectivity index (χ2v) is 7.21. The average Bonchev–Trinajstić information content (AvgIpc) is 3.01. The van der Waals surface area contributed by atoms with Crippen LogP contribution in [0.4, 0.5) is 16.2 Å². The van der Waals surface area contributed by atoms with Crippen LogP contribution in [0.2, 0.25) is 0 Å². The van der Waals surface area contributed by atoms with Crippen LogP contribution in [0.15, 0.2) is 48.5 Å². The molecule has 2 N–H and O–H groups in total. The Hall–Kier alpha value is -2.82. The molecule has 0 aromatic heterocycles. The lowest BCUT2D eigenvalue weighted by atomic mass is 9.87. The minimum Gasteiger partial charge on any atom is -0.336 e. The zero-order chi connectivity index (χ0) is 18.0. The van der Waals surface area contributed by atoms with Gasteiger partial charge in [0.05, 0.1) is 0 Å². The van der Waals surface area contributed by atoms with Crippen LogP contribution in [0.3, 0.4) is 0 Å². The molecule has 3 amide bonds. The summed E-state index contributed by atoms with van der Waals surface area (Å²) in [5.41, 5.74) is 3.42. The highest BCUT2D eigenvalue weighted by atomic mass is 16.2. The average molecular weight is 337 g/mol. The number of carbonyl (C=O) groups excluding carboxylic acids is 2. The summed E-state index contributed by atoms with van der Waals surface area (Å²) in [6, 6.07) is 14.9. The highest BCUT2D eigenvalue weighted by Crippen LogP contribution is 2.24. The fraction of sp³-hybridized carbons (Fsp3) is 0.300. The maximum absolute atomic E-state index is 12.4. The maximum Gasteiger partial charge on any atom is 0.321 e. The Balaban J connectivity index is 1.68. The highest BCUT2D eigenvalue weighted by molar-refractivity contribution is 6.04. The highest BCUT2D eigenvalue weighted by Gasteiger charge is 2.21. The standard InChI is InChI=1S/C20H23N3O2/c1-20(2,3)15-6-8-16(9-7-15)22-18(24)14-4-10-17(11-5-14)23-13-12-21-19(23)25/h4-11H,12-13H2,1-3H3,(H,21,25)(H,22,24). The molecule has 0 spiro atoms. The van der Waals surface area contributed by atoms with Gasteiger partial charge in [-0.25, -0.2) is 4.79 Å². The van der Waals surface area contributed by atoms with Gasteiger partial charge in [0.25, 0.3) is 5.91 Å². The van der Waals surface area contributed by atoms with Crippen molar-refractivity contribution in [3.63, 3.8) is 0 Å². The van der Waals surface area contributed by atoms with Gasteiger partial charge in [-0.15, -0.1) is 0 Å². The molecular weight excluding hydrogens is 314 g/mol. The van der Waals surface area contributed by atoms with E-state index in [0.29, 0.717) is 18.7 Å². The molecule has 1 aliphatic heterocycles. The first-order valence-electron chi connectivity index (χ1n) is 8.42. The first-order chi connectivity index (χ1) is 11.8. The van der Waals surface area contributed by atoms with E-state index < -0.39 is 0 Å². The smallest absolute Gasteiger partial charge is 0.321 e. The predicted molar refractivity (Wildman–Crippen MR) is 100 cm³/mol. The van der Waals surface area contributed by atoms with Crippen LogP contribution in [0.1, 0.15) is 36.7 Å². The number of hydrogen-bond acceptors (Lipinski definition) is 2. The minimum atomic E-state index is -0.166. The lowest BCUT2D eigenvalue weighted by molar-refractivity contribution is 0.102. The van der Waals surface area contributed by atoms with Crippen molar-refractivity contribution < 1.29 is 9.59 Å². The number of urea groups is 1. The van der Waals surface area contributed by atoms with Crippen molar-refractivity contribution >= 4 is 23.3 Å². The van der Waals surface area contributed by atoms with Gasteiger partial charge in [0.2, 0.25) is 0 Å². The number of rotatable bonds is 3. The van der Waals surface area contributed by atoms with Crippen molar-refractivity contribution in [2.75, 3.05) is 23.3 Å². The third-order valence-corrected chi connectivity index (χ3v) is 4.31. The van der Waals surface area contributed by atoms with Crippen LogP contribution in [-0.2, 0) is 5.41 Å². The van der Waals surface area contributed by atoms with E-state index in [1.165, 1.54) is 5.56 Å². The van der Waals surface area contributed by atoms with Gasteiger partial charge in [0.15, 0.2) is 0 Å². The third kappa shape index (κ3) is 3.82. The van der Waals surface area contributed by atoms with E-state index in [4.69, 9.17) is 0 Å². The maximum atomic E-state index is 12.4. The largest absolute Gasteiger partial charge is 0.336 e. The van der Waals surface area contributed by atoms with E-state index in [-0.39, 0.29) is 17.4 Å². The van der Waals surface area contributed by atoms with Crippen molar-refractivity contribution in [3.05, 3.63) is 59.7 Å². The Labute approximate surface area is 148 Å². The van der Waals surface area contributed by atoms with Crippen molar-refractivity contribution in [2.24, 2.45) is 0 Å². The summed E-state index contributed by atoms with van der Waals surface area (Å²) in [5.74, 6) is -0.166. The molecule has 1 aliphatic rings. The Morgan fingerprint density at radius 3 is 2.20 bits per heavy atom. The van der Waals surface area contributed by atoms with Crippen molar-refractivity contribution in [3.8, 4) is 0 Å². The van der Waals surface area contributed by atoms with E-state index >= 15 is 0 Å². The van der Waals surface area contributed by atoms with Crippen LogP contribution in [0.25, 0.3) is 0 Å². The summed E-state index contributed by atoms with van der Waals surface area (Å²) in [7, 11) is 0. The normalized spacial score (nSPS) is 14.4. The topological polar surface area (TPSA) is 61.4 Å². The van der Waals surface area contributed by atoms with Crippen LogP contribution in [0, 0.1) is 0 Å². The predicted octanol–water partition coefficient (Wildman–Crippen LogP) is 3.77. The molecule has 1 fully saturated rings. The number of nitrogens with one attached hydrogen (secondary N) is 2.